The fraction of sp³-hybridized carbons (Fsp3) is 0.385. The van der Waals surface area contributed by atoms with E-state index >= 15 is 0 Å². The third kappa shape index (κ3) is 5.38. The number of hydrogen-bond acceptors (Lipinski definition) is 2. The molecule has 1 aromatic carbocycles. The molecule has 6 heteroatoms. The maximum atomic E-state index is 13.3. The van der Waals surface area contributed by atoms with Gasteiger partial charge in [0.2, 0.25) is 11.8 Å². The van der Waals surface area contributed by atoms with Crippen molar-refractivity contribution < 1.29 is 14.0 Å². The molecule has 0 spiro atoms. The number of amides is 2. The van der Waals surface area contributed by atoms with Gasteiger partial charge in [0.05, 0.1) is 10.5 Å². The van der Waals surface area contributed by atoms with Crippen LogP contribution in [0.5, 0.6) is 0 Å². The van der Waals surface area contributed by atoms with Crippen LogP contribution in [0.2, 0.25) is 0 Å². The van der Waals surface area contributed by atoms with Crippen molar-refractivity contribution in [3.63, 3.8) is 0 Å². The van der Waals surface area contributed by atoms with Crippen molar-refractivity contribution in [1.82, 2.24) is 5.32 Å². The van der Waals surface area contributed by atoms with Crippen LogP contribution in [-0.4, -0.2) is 23.2 Å². The minimum Gasteiger partial charge on any atom is -0.355 e. The van der Waals surface area contributed by atoms with Crippen molar-refractivity contribution in [3.05, 3.63) is 30.1 Å². The minimum absolute atomic E-state index is 0.101. The van der Waals surface area contributed by atoms with Gasteiger partial charge in [0.15, 0.2) is 0 Å². The van der Waals surface area contributed by atoms with E-state index in [4.69, 9.17) is 0 Å². The van der Waals surface area contributed by atoms with Crippen LogP contribution < -0.4 is 10.6 Å². The first-order valence-corrected chi connectivity index (χ1v) is 6.92. The summed E-state index contributed by atoms with van der Waals surface area (Å²) in [7, 11) is 0. The molecule has 0 aromatic heterocycles. The highest BCUT2D eigenvalue weighted by Gasteiger charge is 2.12. The molecule has 0 bridgehead atoms. The lowest BCUT2D eigenvalue weighted by Crippen LogP contribution is -2.33. The smallest absolute Gasteiger partial charge is 0.233 e. The Hall–Kier alpha value is -1.43. The molecule has 2 N–H and O–H groups in total. The first kappa shape index (κ1) is 15.6. The average molecular weight is 331 g/mol. The van der Waals surface area contributed by atoms with E-state index in [2.05, 4.69) is 26.6 Å². The first-order valence-electron chi connectivity index (χ1n) is 6.00. The van der Waals surface area contributed by atoms with Gasteiger partial charge in [-0.1, -0.05) is 35.0 Å². The van der Waals surface area contributed by atoms with Gasteiger partial charge in [0, 0.05) is 13.0 Å². The van der Waals surface area contributed by atoms with Crippen molar-refractivity contribution in [3.8, 4) is 0 Å². The maximum Gasteiger partial charge on any atom is 0.233 e. The number of para-hydroxylation sites is 1. The molecule has 0 radical (unpaired) electrons. The normalized spacial score (nSPS) is 11.7. The first-order chi connectivity index (χ1) is 9.04. The summed E-state index contributed by atoms with van der Waals surface area (Å²) in [4.78, 5) is 22.7. The summed E-state index contributed by atoms with van der Waals surface area (Å²) >= 11 is 3.21. The summed E-state index contributed by atoms with van der Waals surface area (Å²) in [5.41, 5.74) is 0.144. The number of anilines is 1. The molecule has 1 aromatic rings. The second-order valence-electron chi connectivity index (χ2n) is 3.94. The van der Waals surface area contributed by atoms with Crippen LogP contribution in [0.4, 0.5) is 10.1 Å². The van der Waals surface area contributed by atoms with E-state index in [0.29, 0.717) is 6.42 Å². The molecule has 4 nitrogen and oxygen atoms in total. The molecule has 2 amide bonds. The maximum absolute atomic E-state index is 13.3. The molecule has 19 heavy (non-hydrogen) atoms. The van der Waals surface area contributed by atoms with Crippen molar-refractivity contribution in [2.24, 2.45) is 0 Å². The summed E-state index contributed by atoms with van der Waals surface area (Å²) in [5.74, 6) is -0.972. The predicted molar refractivity (Wildman–Crippen MR) is 75.7 cm³/mol. The molecule has 0 fully saturated rings. The fourth-order valence-electron chi connectivity index (χ4n) is 1.37. The Bertz CT molecular complexity index is 454. The van der Waals surface area contributed by atoms with Gasteiger partial charge in [-0.25, -0.2) is 4.39 Å². The van der Waals surface area contributed by atoms with Crippen LogP contribution in [0.1, 0.15) is 19.8 Å². The lowest BCUT2D eigenvalue weighted by molar-refractivity contribution is -0.120. The molecular formula is C13H16BrFN2O2. The fourth-order valence-corrected chi connectivity index (χ4v) is 1.53. The highest BCUT2D eigenvalue weighted by atomic mass is 79.9. The van der Waals surface area contributed by atoms with E-state index in [9.17, 15) is 14.0 Å². The zero-order valence-corrected chi connectivity index (χ0v) is 12.2. The summed E-state index contributed by atoms with van der Waals surface area (Å²) in [6.07, 6.45) is 0.775. The Balaban J connectivity index is 2.33. The Morgan fingerprint density at radius 3 is 2.68 bits per heavy atom. The Morgan fingerprint density at radius 1 is 1.37 bits per heavy atom. The van der Waals surface area contributed by atoms with E-state index in [1.165, 1.54) is 12.1 Å². The zero-order chi connectivity index (χ0) is 14.3. The molecule has 0 aliphatic carbocycles. The molecular weight excluding hydrogens is 315 g/mol. The van der Waals surface area contributed by atoms with Crippen molar-refractivity contribution >= 4 is 33.4 Å². The number of hydrogen-bond donors (Lipinski definition) is 2. The quantitative estimate of drug-likeness (QED) is 0.787. The SMILES string of the molecule is CCC(Br)C(=O)NCCC(=O)Nc1ccccc1F. The highest BCUT2D eigenvalue weighted by Crippen LogP contribution is 2.12. The summed E-state index contributed by atoms with van der Waals surface area (Å²) in [6, 6.07) is 5.94. The molecule has 0 aliphatic rings. The number of alkyl halides is 1. The Labute approximate surface area is 119 Å². The second kappa shape index (κ2) is 7.89. The number of benzene rings is 1. The van der Waals surface area contributed by atoms with Crippen LogP contribution >= 0.6 is 15.9 Å². The van der Waals surface area contributed by atoms with Crippen LogP contribution in [0.25, 0.3) is 0 Å². The molecule has 0 heterocycles. The van der Waals surface area contributed by atoms with Crippen molar-refractivity contribution in [2.75, 3.05) is 11.9 Å². The lowest BCUT2D eigenvalue weighted by Gasteiger charge is -2.09. The van der Waals surface area contributed by atoms with Crippen LogP contribution in [0.3, 0.4) is 0 Å². The molecule has 104 valence electrons. The Kier molecular flexibility index (Phi) is 6.49. The third-order valence-corrected chi connectivity index (χ3v) is 3.51. The number of nitrogens with one attached hydrogen (secondary N) is 2. The molecule has 1 rings (SSSR count). The molecule has 1 unspecified atom stereocenters. The van der Waals surface area contributed by atoms with E-state index < -0.39 is 5.82 Å². The zero-order valence-electron chi connectivity index (χ0n) is 10.6. The van der Waals surface area contributed by atoms with Gasteiger partial charge in [-0.05, 0) is 18.6 Å². The van der Waals surface area contributed by atoms with E-state index in [0.717, 1.165) is 0 Å². The van der Waals surface area contributed by atoms with Crippen LogP contribution in [0, 0.1) is 5.82 Å². The van der Waals surface area contributed by atoms with Gasteiger partial charge in [0.1, 0.15) is 5.82 Å². The van der Waals surface area contributed by atoms with Gasteiger partial charge in [-0.15, -0.1) is 0 Å². The molecule has 0 saturated carbocycles. The van der Waals surface area contributed by atoms with Crippen LogP contribution in [0.15, 0.2) is 24.3 Å². The number of rotatable bonds is 6. The van der Waals surface area contributed by atoms with Gasteiger partial charge >= 0.3 is 0 Å². The molecule has 0 aliphatic heterocycles. The number of carbonyl (C=O) groups excluding carboxylic acids is 2. The summed E-state index contributed by atoms with van der Waals surface area (Å²) in [6.45, 7) is 2.10. The number of halogens is 2. The predicted octanol–water partition coefficient (Wildman–Crippen LogP) is 2.44. The van der Waals surface area contributed by atoms with Gasteiger partial charge < -0.3 is 10.6 Å². The van der Waals surface area contributed by atoms with E-state index in [-0.39, 0.29) is 35.3 Å². The van der Waals surface area contributed by atoms with Crippen molar-refractivity contribution in [2.45, 2.75) is 24.6 Å². The van der Waals surface area contributed by atoms with Gasteiger partial charge in [-0.3, -0.25) is 9.59 Å². The van der Waals surface area contributed by atoms with E-state index in [1.807, 2.05) is 6.92 Å². The monoisotopic (exact) mass is 330 g/mol. The molecule has 1 atom stereocenters. The minimum atomic E-state index is -0.480. The Morgan fingerprint density at radius 2 is 2.05 bits per heavy atom. The van der Waals surface area contributed by atoms with Crippen LogP contribution in [-0.2, 0) is 9.59 Å². The molecule has 0 saturated heterocycles. The van der Waals surface area contributed by atoms with Gasteiger partial charge in [-0.2, -0.15) is 0 Å². The van der Waals surface area contributed by atoms with Gasteiger partial charge in [0.25, 0.3) is 0 Å². The second-order valence-corrected chi connectivity index (χ2v) is 5.05. The third-order valence-electron chi connectivity index (χ3n) is 2.44. The average Bonchev–Trinajstić information content (AvgIpc) is 2.40. The van der Waals surface area contributed by atoms with E-state index in [1.54, 1.807) is 12.1 Å². The number of carbonyl (C=O) groups is 2. The standard InChI is InChI=1S/C13H16BrFN2O2/c1-2-9(14)13(19)16-8-7-12(18)17-11-6-4-3-5-10(11)15/h3-6,9H,2,7-8H2,1H3,(H,16,19)(H,17,18). The summed E-state index contributed by atoms with van der Waals surface area (Å²) in [5, 5.41) is 5.07. The lowest BCUT2D eigenvalue weighted by atomic mass is 10.3. The largest absolute Gasteiger partial charge is 0.355 e. The van der Waals surface area contributed by atoms with Crippen molar-refractivity contribution in [1.29, 1.82) is 0 Å². The highest BCUT2D eigenvalue weighted by molar-refractivity contribution is 9.10. The summed E-state index contributed by atoms with van der Waals surface area (Å²) < 4.78 is 13.3. The topological polar surface area (TPSA) is 58.2 Å².